The number of carbonyl (C=O) groups is 2. The Hall–Kier alpha value is -2.98. The van der Waals surface area contributed by atoms with E-state index in [9.17, 15) is 14.0 Å². The molecule has 0 fully saturated rings. The van der Waals surface area contributed by atoms with Crippen molar-refractivity contribution in [2.75, 3.05) is 18.2 Å². The van der Waals surface area contributed by atoms with Crippen LogP contribution in [0.3, 0.4) is 0 Å². The average molecular weight is 475 g/mol. The molecule has 10 heteroatoms. The first-order valence-electron chi connectivity index (χ1n) is 9.78. The second-order valence-electron chi connectivity index (χ2n) is 7.08. The zero-order valence-electron chi connectivity index (χ0n) is 17.9. The summed E-state index contributed by atoms with van der Waals surface area (Å²) in [5.74, 6) is -0.170. The van der Waals surface area contributed by atoms with Gasteiger partial charge in [-0.25, -0.2) is 9.18 Å². The number of nitrogens with zero attached hydrogens (tertiary/aromatic N) is 3. The Kier molecular flexibility index (Phi) is 7.81. The summed E-state index contributed by atoms with van der Waals surface area (Å²) in [4.78, 5) is 25.1. The zero-order valence-corrected chi connectivity index (χ0v) is 19.6. The lowest BCUT2D eigenvalue weighted by molar-refractivity contribution is -0.113. The van der Waals surface area contributed by atoms with Gasteiger partial charge in [-0.05, 0) is 17.7 Å². The van der Waals surface area contributed by atoms with E-state index in [1.165, 1.54) is 42.3 Å². The van der Waals surface area contributed by atoms with Gasteiger partial charge in [0.05, 0.1) is 12.9 Å². The number of hydrogen-bond donors (Lipinski definition) is 1. The molecule has 0 saturated heterocycles. The molecule has 0 unspecified atom stereocenters. The highest BCUT2D eigenvalue weighted by Crippen LogP contribution is 2.36. The van der Waals surface area contributed by atoms with Gasteiger partial charge in [-0.2, -0.15) is 0 Å². The Morgan fingerprint density at radius 3 is 2.66 bits per heavy atom. The van der Waals surface area contributed by atoms with E-state index >= 15 is 0 Å². The maximum absolute atomic E-state index is 13.3. The number of benzene rings is 1. The lowest BCUT2D eigenvalue weighted by Crippen LogP contribution is -2.16. The largest absolute Gasteiger partial charge is 0.465 e. The number of aromatic nitrogens is 3. The van der Waals surface area contributed by atoms with Crippen LogP contribution in [0.1, 0.15) is 35.9 Å². The highest BCUT2D eigenvalue weighted by molar-refractivity contribution is 7.99. The summed E-state index contributed by atoms with van der Waals surface area (Å²) in [5.41, 5.74) is 1.45. The summed E-state index contributed by atoms with van der Waals surface area (Å²) in [6.45, 7) is 8.36. The summed E-state index contributed by atoms with van der Waals surface area (Å²) in [5, 5.41) is 13.9. The van der Waals surface area contributed by atoms with Crippen LogP contribution < -0.4 is 5.32 Å². The number of methoxy groups -OCH3 is 1. The molecule has 0 radical (unpaired) electrons. The van der Waals surface area contributed by atoms with Crippen molar-refractivity contribution in [2.45, 2.75) is 31.5 Å². The number of esters is 1. The fourth-order valence-electron chi connectivity index (χ4n) is 3.02. The molecule has 0 saturated carbocycles. The number of anilines is 1. The number of carbonyl (C=O) groups excluding carboxylic acids is 2. The van der Waals surface area contributed by atoms with Crippen molar-refractivity contribution in [1.82, 2.24) is 14.8 Å². The van der Waals surface area contributed by atoms with Crippen LogP contribution >= 0.6 is 23.1 Å². The summed E-state index contributed by atoms with van der Waals surface area (Å²) < 4.78 is 20.1. The molecule has 2 aromatic heterocycles. The normalized spacial score (nSPS) is 10.9. The SMILES string of the molecule is C=CCn1c(SCC(=O)Nc2scc(-c3ccc(F)cc3)c2C(=O)OC)nnc1C(C)C. The van der Waals surface area contributed by atoms with E-state index in [4.69, 9.17) is 4.74 Å². The molecule has 0 aliphatic carbocycles. The van der Waals surface area contributed by atoms with Crippen molar-refractivity contribution < 1.29 is 18.7 Å². The summed E-state index contributed by atoms with van der Waals surface area (Å²) in [7, 11) is 1.27. The molecular weight excluding hydrogens is 451 g/mol. The fraction of sp³-hybridized carbons (Fsp3) is 0.273. The number of amides is 1. The van der Waals surface area contributed by atoms with Crippen LogP contribution in [0.2, 0.25) is 0 Å². The zero-order chi connectivity index (χ0) is 23.3. The molecule has 168 valence electrons. The number of thioether (sulfide) groups is 1. The monoisotopic (exact) mass is 474 g/mol. The van der Waals surface area contributed by atoms with Crippen LogP contribution in [0.5, 0.6) is 0 Å². The minimum Gasteiger partial charge on any atom is -0.465 e. The van der Waals surface area contributed by atoms with Gasteiger partial charge in [0.25, 0.3) is 0 Å². The van der Waals surface area contributed by atoms with Gasteiger partial charge in [0, 0.05) is 23.4 Å². The predicted molar refractivity (Wildman–Crippen MR) is 125 cm³/mol. The van der Waals surface area contributed by atoms with Gasteiger partial charge >= 0.3 is 5.97 Å². The van der Waals surface area contributed by atoms with E-state index in [2.05, 4.69) is 22.1 Å². The molecule has 0 spiro atoms. The van der Waals surface area contributed by atoms with Crippen LogP contribution in [0, 0.1) is 5.82 Å². The second-order valence-corrected chi connectivity index (χ2v) is 8.91. The third-order valence-corrected chi connectivity index (χ3v) is 6.36. The van der Waals surface area contributed by atoms with Gasteiger partial charge in [-0.3, -0.25) is 4.79 Å². The predicted octanol–water partition coefficient (Wildman–Crippen LogP) is 4.97. The van der Waals surface area contributed by atoms with Gasteiger partial charge < -0.3 is 14.6 Å². The highest BCUT2D eigenvalue weighted by Gasteiger charge is 2.23. The minimum absolute atomic E-state index is 0.0811. The van der Waals surface area contributed by atoms with E-state index in [1.54, 1.807) is 23.6 Å². The van der Waals surface area contributed by atoms with Crippen molar-refractivity contribution in [3.05, 3.63) is 59.5 Å². The van der Waals surface area contributed by atoms with Crippen LogP contribution in [-0.4, -0.2) is 39.5 Å². The topological polar surface area (TPSA) is 86.1 Å². The molecule has 32 heavy (non-hydrogen) atoms. The third-order valence-electron chi connectivity index (χ3n) is 4.49. The van der Waals surface area contributed by atoms with E-state index in [-0.39, 0.29) is 29.0 Å². The smallest absolute Gasteiger partial charge is 0.341 e. The highest BCUT2D eigenvalue weighted by atomic mass is 32.2. The first-order valence-corrected chi connectivity index (χ1v) is 11.6. The number of ether oxygens (including phenoxy) is 1. The molecule has 1 N–H and O–H groups in total. The molecule has 7 nitrogen and oxygen atoms in total. The van der Waals surface area contributed by atoms with Crippen molar-refractivity contribution in [3.8, 4) is 11.1 Å². The van der Waals surface area contributed by atoms with Crippen LogP contribution in [-0.2, 0) is 16.1 Å². The number of rotatable bonds is 9. The molecule has 0 aliphatic heterocycles. The van der Waals surface area contributed by atoms with Crippen molar-refractivity contribution in [1.29, 1.82) is 0 Å². The Labute approximate surface area is 193 Å². The lowest BCUT2D eigenvalue weighted by Gasteiger charge is -2.10. The maximum Gasteiger partial charge on any atom is 0.341 e. The lowest BCUT2D eigenvalue weighted by atomic mass is 10.0. The standard InChI is InChI=1S/C22H23FN4O3S2/c1-5-10-27-19(13(2)3)25-26-22(27)32-12-17(28)24-20-18(21(29)30-4)16(11-31-20)14-6-8-15(23)9-7-14/h5-9,11,13H,1,10,12H2,2-4H3,(H,24,28). The number of hydrogen-bond acceptors (Lipinski definition) is 7. The molecule has 0 atom stereocenters. The molecule has 1 aromatic carbocycles. The second kappa shape index (κ2) is 10.6. The Morgan fingerprint density at radius 1 is 1.31 bits per heavy atom. The maximum atomic E-state index is 13.3. The van der Waals surface area contributed by atoms with Gasteiger partial charge in [0.15, 0.2) is 5.16 Å². The van der Waals surface area contributed by atoms with Crippen LogP contribution in [0.4, 0.5) is 9.39 Å². The first kappa shape index (κ1) is 23.7. The van der Waals surface area contributed by atoms with E-state index in [1.807, 2.05) is 18.4 Å². The Morgan fingerprint density at radius 2 is 2.03 bits per heavy atom. The fourth-order valence-corrected chi connectivity index (χ4v) is 4.75. The third kappa shape index (κ3) is 5.25. The molecule has 0 aliphatic rings. The Balaban J connectivity index is 1.78. The molecule has 3 aromatic rings. The molecule has 3 rings (SSSR count). The van der Waals surface area contributed by atoms with Gasteiger partial charge in [-0.1, -0.05) is 43.8 Å². The van der Waals surface area contributed by atoms with Crippen LogP contribution in [0.15, 0.2) is 47.5 Å². The number of halogens is 1. The first-order chi connectivity index (χ1) is 15.3. The van der Waals surface area contributed by atoms with Gasteiger partial charge in [-0.15, -0.1) is 28.1 Å². The summed E-state index contributed by atoms with van der Waals surface area (Å²) in [6, 6.07) is 5.77. The molecular formula is C22H23FN4O3S2. The summed E-state index contributed by atoms with van der Waals surface area (Å²) >= 11 is 2.46. The molecule has 1 amide bonds. The van der Waals surface area contributed by atoms with Crippen molar-refractivity contribution in [2.24, 2.45) is 0 Å². The molecule has 2 heterocycles. The van der Waals surface area contributed by atoms with Crippen molar-refractivity contribution >= 4 is 40.0 Å². The van der Waals surface area contributed by atoms with Crippen LogP contribution in [0.25, 0.3) is 11.1 Å². The molecule has 0 bridgehead atoms. The Bertz CT molecular complexity index is 1120. The van der Waals surface area contributed by atoms with E-state index in [0.717, 1.165) is 5.82 Å². The quantitative estimate of drug-likeness (QED) is 0.268. The number of allylic oxidation sites excluding steroid dienone is 1. The van der Waals surface area contributed by atoms with E-state index < -0.39 is 5.97 Å². The number of thiophene rings is 1. The van der Waals surface area contributed by atoms with Gasteiger partial charge in [0.1, 0.15) is 22.2 Å². The van der Waals surface area contributed by atoms with Gasteiger partial charge in [0.2, 0.25) is 5.91 Å². The average Bonchev–Trinajstić information content (AvgIpc) is 3.37. The van der Waals surface area contributed by atoms with E-state index in [0.29, 0.717) is 27.8 Å². The van der Waals surface area contributed by atoms with Crippen molar-refractivity contribution in [3.63, 3.8) is 0 Å². The minimum atomic E-state index is -0.583. The number of nitrogens with one attached hydrogen (secondary N) is 1. The summed E-state index contributed by atoms with van der Waals surface area (Å²) in [6.07, 6.45) is 1.75.